The van der Waals surface area contributed by atoms with Gasteiger partial charge in [0.25, 0.3) is 5.91 Å². The predicted octanol–water partition coefficient (Wildman–Crippen LogP) is 4.19. The fraction of sp³-hybridized carbons (Fsp3) is 0.333. The number of hydrogen-bond acceptors (Lipinski definition) is 5. The number of amides is 1. The Morgan fingerprint density at radius 2 is 2.16 bits per heavy atom. The van der Waals surface area contributed by atoms with Gasteiger partial charge in [-0.2, -0.15) is 0 Å². The molecule has 1 heterocycles. The van der Waals surface area contributed by atoms with Crippen LogP contribution >= 0.6 is 27.3 Å². The van der Waals surface area contributed by atoms with E-state index in [4.69, 9.17) is 9.47 Å². The lowest BCUT2D eigenvalue weighted by Crippen LogP contribution is -2.21. The zero-order chi connectivity index (χ0) is 17.8. The Morgan fingerprint density at radius 3 is 2.92 bits per heavy atom. The van der Waals surface area contributed by atoms with E-state index < -0.39 is 0 Å². The molecule has 1 aliphatic rings. The smallest absolute Gasteiger partial charge is 0.341 e. The first-order chi connectivity index (χ1) is 12.1. The monoisotopic (exact) mass is 423 g/mol. The lowest BCUT2D eigenvalue weighted by Gasteiger charge is -2.09. The first-order valence-electron chi connectivity index (χ1n) is 8.08. The Hall–Kier alpha value is -1.86. The first-order valence-corrected chi connectivity index (χ1v) is 9.69. The maximum Gasteiger partial charge on any atom is 0.341 e. The highest BCUT2D eigenvalue weighted by Crippen LogP contribution is 2.39. The molecule has 25 heavy (non-hydrogen) atoms. The van der Waals surface area contributed by atoms with Crippen LogP contribution in [0.15, 0.2) is 28.7 Å². The standard InChI is InChI=1S/C18H18BrNO4S/c1-2-23-18(22)16-13-7-4-8-14(13)25-17(16)20-15(21)10-24-12-6-3-5-11(19)9-12/h3,5-6,9H,2,4,7-8,10H2,1H3,(H,20,21). The van der Waals surface area contributed by atoms with Gasteiger partial charge in [0, 0.05) is 9.35 Å². The van der Waals surface area contributed by atoms with E-state index in [0.29, 0.717) is 22.9 Å². The fourth-order valence-electron chi connectivity index (χ4n) is 2.78. The molecule has 3 rings (SSSR count). The maximum atomic E-state index is 12.3. The zero-order valence-electron chi connectivity index (χ0n) is 13.8. The summed E-state index contributed by atoms with van der Waals surface area (Å²) in [6.07, 6.45) is 2.83. The zero-order valence-corrected chi connectivity index (χ0v) is 16.2. The number of benzene rings is 1. The van der Waals surface area contributed by atoms with Gasteiger partial charge < -0.3 is 14.8 Å². The van der Waals surface area contributed by atoms with Crippen molar-refractivity contribution < 1.29 is 19.1 Å². The van der Waals surface area contributed by atoms with Crippen LogP contribution in [0.1, 0.15) is 34.1 Å². The van der Waals surface area contributed by atoms with Crippen molar-refractivity contribution in [2.45, 2.75) is 26.2 Å². The molecule has 0 radical (unpaired) electrons. The normalized spacial score (nSPS) is 12.6. The third kappa shape index (κ3) is 4.22. The largest absolute Gasteiger partial charge is 0.484 e. The summed E-state index contributed by atoms with van der Waals surface area (Å²) in [7, 11) is 0. The molecule has 0 bridgehead atoms. The van der Waals surface area contributed by atoms with Crippen molar-refractivity contribution in [3.05, 3.63) is 44.7 Å². The number of ether oxygens (including phenoxy) is 2. The summed E-state index contributed by atoms with van der Waals surface area (Å²) >= 11 is 4.82. The van der Waals surface area contributed by atoms with Crippen molar-refractivity contribution >= 4 is 44.1 Å². The molecule has 0 atom stereocenters. The van der Waals surface area contributed by atoms with Crippen molar-refractivity contribution in [1.82, 2.24) is 0 Å². The van der Waals surface area contributed by atoms with Gasteiger partial charge in [-0.15, -0.1) is 11.3 Å². The molecule has 0 unspecified atom stereocenters. The molecule has 0 saturated heterocycles. The van der Waals surface area contributed by atoms with Crippen molar-refractivity contribution in [1.29, 1.82) is 0 Å². The molecule has 132 valence electrons. The van der Waals surface area contributed by atoms with Gasteiger partial charge in [0.1, 0.15) is 10.8 Å². The highest BCUT2D eigenvalue weighted by molar-refractivity contribution is 9.10. The molecule has 2 aromatic rings. The Morgan fingerprint density at radius 1 is 1.32 bits per heavy atom. The average molecular weight is 424 g/mol. The van der Waals surface area contributed by atoms with Gasteiger partial charge in [0.05, 0.1) is 12.2 Å². The summed E-state index contributed by atoms with van der Waals surface area (Å²) in [6, 6.07) is 7.28. The van der Waals surface area contributed by atoms with Gasteiger partial charge in [-0.05, 0) is 49.9 Å². The lowest BCUT2D eigenvalue weighted by molar-refractivity contribution is -0.118. The topological polar surface area (TPSA) is 64.6 Å². The predicted molar refractivity (Wildman–Crippen MR) is 101 cm³/mol. The van der Waals surface area contributed by atoms with E-state index in [2.05, 4.69) is 21.2 Å². The number of aryl methyl sites for hydroxylation is 1. The third-order valence-electron chi connectivity index (χ3n) is 3.82. The molecule has 0 aliphatic heterocycles. The fourth-order valence-corrected chi connectivity index (χ4v) is 4.45. The molecule has 1 amide bonds. The van der Waals surface area contributed by atoms with Crippen LogP contribution in [0.3, 0.4) is 0 Å². The second kappa shape index (κ2) is 8.01. The van der Waals surface area contributed by atoms with E-state index in [0.717, 1.165) is 34.2 Å². The minimum Gasteiger partial charge on any atom is -0.484 e. The van der Waals surface area contributed by atoms with E-state index in [9.17, 15) is 9.59 Å². The molecular formula is C18H18BrNO4S. The molecule has 7 heteroatoms. The molecule has 0 saturated carbocycles. The number of anilines is 1. The Bertz CT molecular complexity index is 802. The first kappa shape index (κ1) is 17.9. The van der Waals surface area contributed by atoms with Crippen LogP contribution in [0.4, 0.5) is 5.00 Å². The number of thiophene rings is 1. The molecule has 1 aromatic heterocycles. The number of carbonyl (C=O) groups excluding carboxylic acids is 2. The summed E-state index contributed by atoms with van der Waals surface area (Å²) < 4.78 is 11.5. The number of halogens is 1. The Labute approximate surface area is 158 Å². The number of carbonyl (C=O) groups is 2. The lowest BCUT2D eigenvalue weighted by atomic mass is 10.1. The second-order valence-corrected chi connectivity index (χ2v) is 7.60. The highest BCUT2D eigenvalue weighted by Gasteiger charge is 2.28. The summed E-state index contributed by atoms with van der Waals surface area (Å²) in [5, 5.41) is 3.37. The number of nitrogens with one attached hydrogen (secondary N) is 1. The van der Waals surface area contributed by atoms with Gasteiger partial charge in [-0.1, -0.05) is 22.0 Å². The van der Waals surface area contributed by atoms with Crippen molar-refractivity contribution in [2.24, 2.45) is 0 Å². The van der Waals surface area contributed by atoms with Gasteiger partial charge in [-0.25, -0.2) is 4.79 Å². The number of fused-ring (bicyclic) bond motifs is 1. The van der Waals surface area contributed by atoms with Gasteiger partial charge in [0.15, 0.2) is 6.61 Å². The van der Waals surface area contributed by atoms with Crippen molar-refractivity contribution in [2.75, 3.05) is 18.5 Å². The second-order valence-electron chi connectivity index (χ2n) is 5.58. The summed E-state index contributed by atoms with van der Waals surface area (Å²) in [4.78, 5) is 25.7. The summed E-state index contributed by atoms with van der Waals surface area (Å²) in [5.74, 6) is -0.0700. The van der Waals surface area contributed by atoms with Crippen LogP contribution in [0.2, 0.25) is 0 Å². The van der Waals surface area contributed by atoms with Crippen molar-refractivity contribution in [3.63, 3.8) is 0 Å². The molecule has 5 nitrogen and oxygen atoms in total. The van der Waals surface area contributed by atoms with Crippen molar-refractivity contribution in [3.8, 4) is 5.75 Å². The molecule has 1 aromatic carbocycles. The van der Waals surface area contributed by atoms with Crippen LogP contribution in [0, 0.1) is 0 Å². The van der Waals surface area contributed by atoms with E-state index in [-0.39, 0.29) is 18.5 Å². The van der Waals surface area contributed by atoms with E-state index in [1.807, 2.05) is 12.1 Å². The summed E-state index contributed by atoms with van der Waals surface area (Å²) in [6.45, 7) is 1.96. The number of hydrogen-bond donors (Lipinski definition) is 1. The van der Waals surface area contributed by atoms with Crippen LogP contribution in [0.25, 0.3) is 0 Å². The Kier molecular flexibility index (Phi) is 5.75. The summed E-state index contributed by atoms with van der Waals surface area (Å²) in [5.41, 5.74) is 1.53. The quantitative estimate of drug-likeness (QED) is 0.707. The van der Waals surface area contributed by atoms with Gasteiger partial charge in [-0.3, -0.25) is 4.79 Å². The Balaban J connectivity index is 1.69. The minimum atomic E-state index is -0.370. The molecule has 0 fully saturated rings. The molecule has 0 spiro atoms. The van der Waals surface area contributed by atoms with Crippen LogP contribution < -0.4 is 10.1 Å². The maximum absolute atomic E-state index is 12.3. The van der Waals surface area contributed by atoms with Crippen LogP contribution in [0.5, 0.6) is 5.75 Å². The van der Waals surface area contributed by atoms with Gasteiger partial charge >= 0.3 is 5.97 Å². The number of rotatable bonds is 6. The minimum absolute atomic E-state index is 0.124. The average Bonchev–Trinajstić information content (AvgIpc) is 3.13. The van der Waals surface area contributed by atoms with E-state index in [1.165, 1.54) is 11.3 Å². The SMILES string of the molecule is CCOC(=O)c1c(NC(=O)COc2cccc(Br)c2)sc2c1CCC2. The third-order valence-corrected chi connectivity index (χ3v) is 5.52. The molecular weight excluding hydrogens is 406 g/mol. The van der Waals surface area contributed by atoms with Gasteiger partial charge in [0.2, 0.25) is 0 Å². The van der Waals surface area contributed by atoms with E-state index in [1.54, 1.807) is 19.1 Å². The van der Waals surface area contributed by atoms with Crippen LogP contribution in [-0.2, 0) is 22.4 Å². The molecule has 1 aliphatic carbocycles. The number of esters is 1. The molecule has 1 N–H and O–H groups in total. The van der Waals surface area contributed by atoms with E-state index >= 15 is 0 Å². The van der Waals surface area contributed by atoms with Crippen LogP contribution in [-0.4, -0.2) is 25.1 Å². The highest BCUT2D eigenvalue weighted by atomic mass is 79.9.